The Morgan fingerprint density at radius 2 is 1.85 bits per heavy atom. The monoisotopic (exact) mass is 395 g/mol. The van der Waals surface area contributed by atoms with Gasteiger partial charge < -0.3 is 14.8 Å². The molecule has 8 nitrogen and oxygen atoms in total. The molecule has 1 aromatic carbocycles. The SMILES string of the molecule is Cc1ccc(NC(=O)N2CCN(S(=O)(=O)c3cn(C)c(C)n3)CC2)cc1F. The first-order valence-electron chi connectivity index (χ1n) is 8.50. The fraction of sp³-hybridized carbons (Fsp3) is 0.412. The second kappa shape index (κ2) is 7.28. The molecule has 27 heavy (non-hydrogen) atoms. The molecule has 0 unspecified atom stereocenters. The lowest BCUT2D eigenvalue weighted by atomic mass is 10.2. The molecule has 146 valence electrons. The van der Waals surface area contributed by atoms with Gasteiger partial charge in [0.05, 0.1) is 0 Å². The van der Waals surface area contributed by atoms with E-state index in [-0.39, 0.29) is 37.2 Å². The average Bonchev–Trinajstić information content (AvgIpc) is 2.98. The lowest BCUT2D eigenvalue weighted by Gasteiger charge is -2.33. The predicted molar refractivity (Wildman–Crippen MR) is 98.4 cm³/mol. The van der Waals surface area contributed by atoms with Gasteiger partial charge in [0.2, 0.25) is 0 Å². The number of hydrogen-bond donors (Lipinski definition) is 1. The number of aryl methyl sites for hydroxylation is 3. The first-order chi connectivity index (χ1) is 12.7. The minimum absolute atomic E-state index is 0.00975. The normalized spacial score (nSPS) is 15.8. The Balaban J connectivity index is 1.62. The first-order valence-corrected chi connectivity index (χ1v) is 9.94. The van der Waals surface area contributed by atoms with E-state index in [0.717, 1.165) is 0 Å². The Kier molecular flexibility index (Phi) is 5.20. The molecule has 0 spiro atoms. The number of carbonyl (C=O) groups is 1. The van der Waals surface area contributed by atoms with E-state index in [2.05, 4.69) is 10.3 Å². The van der Waals surface area contributed by atoms with Crippen molar-refractivity contribution in [2.75, 3.05) is 31.5 Å². The van der Waals surface area contributed by atoms with E-state index in [1.165, 1.54) is 21.5 Å². The highest BCUT2D eigenvalue weighted by Gasteiger charge is 2.32. The summed E-state index contributed by atoms with van der Waals surface area (Å²) < 4.78 is 41.9. The molecule has 1 aromatic heterocycles. The van der Waals surface area contributed by atoms with Crippen LogP contribution in [0.2, 0.25) is 0 Å². The zero-order chi connectivity index (χ0) is 19.8. The van der Waals surface area contributed by atoms with Gasteiger partial charge in [0.15, 0.2) is 5.03 Å². The van der Waals surface area contributed by atoms with Crippen molar-refractivity contribution in [1.29, 1.82) is 0 Å². The van der Waals surface area contributed by atoms with Gasteiger partial charge in [-0.15, -0.1) is 0 Å². The number of sulfonamides is 1. The summed E-state index contributed by atoms with van der Waals surface area (Å²) >= 11 is 0. The number of aromatic nitrogens is 2. The number of nitrogens with one attached hydrogen (secondary N) is 1. The molecule has 0 aliphatic carbocycles. The summed E-state index contributed by atoms with van der Waals surface area (Å²) in [6.07, 6.45) is 1.48. The maximum absolute atomic E-state index is 13.6. The largest absolute Gasteiger partial charge is 0.337 e. The highest BCUT2D eigenvalue weighted by molar-refractivity contribution is 7.89. The van der Waals surface area contributed by atoms with Gasteiger partial charge in [-0.1, -0.05) is 6.07 Å². The van der Waals surface area contributed by atoms with Crippen LogP contribution in [-0.2, 0) is 17.1 Å². The number of hydrogen-bond acceptors (Lipinski definition) is 4. The van der Waals surface area contributed by atoms with E-state index in [0.29, 0.717) is 17.1 Å². The predicted octanol–water partition coefficient (Wildman–Crippen LogP) is 1.71. The van der Waals surface area contributed by atoms with Crippen molar-refractivity contribution in [3.05, 3.63) is 41.6 Å². The molecule has 1 aliphatic heterocycles. The lowest BCUT2D eigenvalue weighted by molar-refractivity contribution is 0.184. The van der Waals surface area contributed by atoms with E-state index in [1.54, 1.807) is 37.6 Å². The summed E-state index contributed by atoms with van der Waals surface area (Å²) in [6, 6.07) is 4.09. The number of halogens is 1. The number of rotatable bonds is 3. The highest BCUT2D eigenvalue weighted by atomic mass is 32.2. The number of benzene rings is 1. The van der Waals surface area contributed by atoms with Crippen molar-refractivity contribution in [2.45, 2.75) is 18.9 Å². The molecule has 2 amide bonds. The van der Waals surface area contributed by atoms with Crippen LogP contribution in [0.3, 0.4) is 0 Å². The number of imidazole rings is 1. The van der Waals surface area contributed by atoms with E-state index < -0.39 is 15.8 Å². The fourth-order valence-electron chi connectivity index (χ4n) is 2.79. The number of piperazine rings is 1. The van der Waals surface area contributed by atoms with Crippen LogP contribution >= 0.6 is 0 Å². The van der Waals surface area contributed by atoms with Crippen LogP contribution in [0.5, 0.6) is 0 Å². The minimum atomic E-state index is -3.69. The van der Waals surface area contributed by atoms with Crippen LogP contribution in [0.1, 0.15) is 11.4 Å². The Hall–Kier alpha value is -2.46. The van der Waals surface area contributed by atoms with Gasteiger partial charge in [-0.3, -0.25) is 0 Å². The first kappa shape index (κ1) is 19.3. The summed E-state index contributed by atoms with van der Waals surface area (Å²) in [4.78, 5) is 17.9. The van der Waals surface area contributed by atoms with Crippen LogP contribution in [0.15, 0.2) is 29.4 Å². The molecule has 2 aromatic rings. The third-order valence-corrected chi connectivity index (χ3v) is 6.41. The zero-order valence-corrected chi connectivity index (χ0v) is 16.3. The van der Waals surface area contributed by atoms with Crippen molar-refractivity contribution in [1.82, 2.24) is 18.8 Å². The van der Waals surface area contributed by atoms with Crippen molar-refractivity contribution in [3.63, 3.8) is 0 Å². The fourth-order valence-corrected chi connectivity index (χ4v) is 4.23. The van der Waals surface area contributed by atoms with Crippen molar-refractivity contribution in [2.24, 2.45) is 7.05 Å². The number of nitrogens with zero attached hydrogens (tertiary/aromatic N) is 4. The van der Waals surface area contributed by atoms with Crippen molar-refractivity contribution < 1.29 is 17.6 Å². The number of urea groups is 1. The molecule has 0 bridgehead atoms. The Morgan fingerprint density at radius 1 is 1.19 bits per heavy atom. The second-order valence-electron chi connectivity index (χ2n) is 6.52. The highest BCUT2D eigenvalue weighted by Crippen LogP contribution is 2.18. The number of anilines is 1. The lowest BCUT2D eigenvalue weighted by Crippen LogP contribution is -2.51. The van der Waals surface area contributed by atoms with Gasteiger partial charge in [0, 0.05) is 45.1 Å². The second-order valence-corrected chi connectivity index (χ2v) is 8.41. The molecule has 1 N–H and O–H groups in total. The van der Waals surface area contributed by atoms with Gasteiger partial charge in [-0.05, 0) is 31.5 Å². The Labute approximate surface area is 157 Å². The van der Waals surface area contributed by atoms with Crippen LogP contribution in [0.25, 0.3) is 0 Å². The zero-order valence-electron chi connectivity index (χ0n) is 15.4. The summed E-state index contributed by atoms with van der Waals surface area (Å²) in [5.74, 6) is 0.214. The summed E-state index contributed by atoms with van der Waals surface area (Å²) in [6.45, 7) is 4.20. The van der Waals surface area contributed by atoms with Gasteiger partial charge in [0.25, 0.3) is 10.0 Å². The van der Waals surface area contributed by atoms with Gasteiger partial charge in [-0.25, -0.2) is 22.6 Å². The molecule has 1 aliphatic rings. The molecule has 10 heteroatoms. The maximum Gasteiger partial charge on any atom is 0.321 e. The molecular formula is C17H22FN5O3S. The number of amides is 2. The summed E-state index contributed by atoms with van der Waals surface area (Å²) in [7, 11) is -1.96. The van der Waals surface area contributed by atoms with E-state index in [9.17, 15) is 17.6 Å². The molecule has 1 saturated heterocycles. The maximum atomic E-state index is 13.6. The average molecular weight is 395 g/mol. The van der Waals surface area contributed by atoms with Gasteiger partial charge in [0.1, 0.15) is 11.6 Å². The Morgan fingerprint density at radius 3 is 2.41 bits per heavy atom. The third kappa shape index (κ3) is 3.96. The standard InChI is InChI=1S/C17H22FN5O3S/c1-12-4-5-14(10-15(12)18)20-17(24)22-6-8-23(9-7-22)27(25,26)16-11-21(3)13(2)19-16/h4-5,10-11H,6-9H2,1-3H3,(H,20,24). The van der Waals surface area contributed by atoms with Gasteiger partial charge >= 0.3 is 6.03 Å². The smallest absolute Gasteiger partial charge is 0.321 e. The third-order valence-electron chi connectivity index (χ3n) is 4.64. The molecule has 1 fully saturated rings. The quantitative estimate of drug-likeness (QED) is 0.857. The topological polar surface area (TPSA) is 87.5 Å². The molecule has 0 atom stereocenters. The van der Waals surface area contributed by atoms with Gasteiger partial charge in [-0.2, -0.15) is 4.31 Å². The van der Waals surface area contributed by atoms with E-state index in [1.807, 2.05) is 0 Å². The molecule has 0 radical (unpaired) electrons. The molecular weight excluding hydrogens is 373 g/mol. The van der Waals surface area contributed by atoms with Crippen LogP contribution in [-0.4, -0.2) is 59.4 Å². The summed E-state index contributed by atoms with van der Waals surface area (Å²) in [5, 5.41) is 2.65. The molecule has 2 heterocycles. The van der Waals surface area contributed by atoms with E-state index >= 15 is 0 Å². The van der Waals surface area contributed by atoms with Crippen molar-refractivity contribution in [3.8, 4) is 0 Å². The van der Waals surface area contributed by atoms with Crippen molar-refractivity contribution >= 4 is 21.7 Å². The van der Waals surface area contributed by atoms with Crippen LogP contribution < -0.4 is 5.32 Å². The van der Waals surface area contributed by atoms with E-state index in [4.69, 9.17) is 0 Å². The number of carbonyl (C=O) groups excluding carboxylic acids is 1. The molecule has 3 rings (SSSR count). The Bertz CT molecular complexity index is 945. The summed E-state index contributed by atoms with van der Waals surface area (Å²) in [5.41, 5.74) is 0.860. The van der Waals surface area contributed by atoms with Crippen LogP contribution in [0.4, 0.5) is 14.9 Å². The molecule has 0 saturated carbocycles. The van der Waals surface area contributed by atoms with Crippen LogP contribution in [0, 0.1) is 19.7 Å². The minimum Gasteiger partial charge on any atom is -0.337 e.